The van der Waals surface area contributed by atoms with Gasteiger partial charge in [0.1, 0.15) is 0 Å². The van der Waals surface area contributed by atoms with Gasteiger partial charge in [0.25, 0.3) is 0 Å². The molecule has 2 N–H and O–H groups in total. The lowest BCUT2D eigenvalue weighted by Gasteiger charge is -2.27. The number of hydrogen-bond donors (Lipinski definition) is 2. The van der Waals surface area contributed by atoms with E-state index in [1.165, 1.54) is 25.7 Å². The van der Waals surface area contributed by atoms with Crippen LogP contribution in [-0.2, 0) is 0 Å². The van der Waals surface area contributed by atoms with Crippen molar-refractivity contribution in [3.8, 4) is 0 Å². The fourth-order valence-corrected chi connectivity index (χ4v) is 1.90. The quantitative estimate of drug-likeness (QED) is 0.563. The van der Waals surface area contributed by atoms with Crippen LogP contribution in [0, 0.1) is 5.41 Å². The molecule has 0 aromatic heterocycles. The molecule has 0 aliphatic heterocycles. The Hall–Kier alpha value is -0.0800. The average Bonchev–Trinajstić information content (AvgIpc) is 2.24. The van der Waals surface area contributed by atoms with Gasteiger partial charge >= 0.3 is 0 Å². The molecule has 16 heavy (non-hydrogen) atoms. The molecule has 0 saturated heterocycles. The Balaban J connectivity index is 3.59. The highest BCUT2D eigenvalue weighted by Gasteiger charge is 2.17. The van der Waals surface area contributed by atoms with Crippen LogP contribution in [0.3, 0.4) is 0 Å². The largest absolute Gasteiger partial charge is 0.396 e. The van der Waals surface area contributed by atoms with Gasteiger partial charge in [0, 0.05) is 19.2 Å². The van der Waals surface area contributed by atoms with Crippen LogP contribution in [0.15, 0.2) is 0 Å². The average molecular weight is 229 g/mol. The summed E-state index contributed by atoms with van der Waals surface area (Å²) in [5.41, 5.74) is 0.307. The minimum atomic E-state index is 0.307. The monoisotopic (exact) mass is 229 g/mol. The number of aliphatic hydroxyl groups excluding tert-OH is 1. The molecule has 0 aromatic carbocycles. The molecule has 0 fully saturated rings. The summed E-state index contributed by atoms with van der Waals surface area (Å²) in [4.78, 5) is 0. The summed E-state index contributed by atoms with van der Waals surface area (Å²) < 4.78 is 0. The van der Waals surface area contributed by atoms with Gasteiger partial charge < -0.3 is 10.4 Å². The van der Waals surface area contributed by atoms with Gasteiger partial charge in [-0.1, -0.05) is 40.0 Å². The maximum absolute atomic E-state index is 8.83. The first-order valence-corrected chi connectivity index (χ1v) is 6.86. The SMILES string of the molecule is CCCCCC(C)NCC(C)(C)CCCO. The zero-order valence-electron chi connectivity index (χ0n) is 11.7. The van der Waals surface area contributed by atoms with Gasteiger partial charge in [-0.25, -0.2) is 0 Å². The van der Waals surface area contributed by atoms with E-state index in [0.29, 0.717) is 18.1 Å². The van der Waals surface area contributed by atoms with Crippen LogP contribution in [0.2, 0.25) is 0 Å². The lowest BCUT2D eigenvalue weighted by Crippen LogP contribution is -2.35. The van der Waals surface area contributed by atoms with Gasteiger partial charge in [0.2, 0.25) is 0 Å². The summed E-state index contributed by atoms with van der Waals surface area (Å²) in [6, 6.07) is 0.625. The van der Waals surface area contributed by atoms with Crippen molar-refractivity contribution in [1.29, 1.82) is 0 Å². The Kier molecular flexibility index (Phi) is 8.96. The minimum Gasteiger partial charge on any atom is -0.396 e. The second kappa shape index (κ2) is 9.00. The number of nitrogens with one attached hydrogen (secondary N) is 1. The first kappa shape index (κ1) is 15.9. The fraction of sp³-hybridized carbons (Fsp3) is 1.00. The van der Waals surface area contributed by atoms with Crippen LogP contribution >= 0.6 is 0 Å². The molecule has 0 amide bonds. The molecule has 1 atom stereocenters. The van der Waals surface area contributed by atoms with Crippen molar-refractivity contribution in [1.82, 2.24) is 5.32 Å². The van der Waals surface area contributed by atoms with Gasteiger partial charge in [-0.05, 0) is 31.6 Å². The van der Waals surface area contributed by atoms with E-state index >= 15 is 0 Å². The Morgan fingerprint density at radius 2 is 1.88 bits per heavy atom. The van der Waals surface area contributed by atoms with E-state index in [1.54, 1.807) is 0 Å². The molecule has 0 spiro atoms. The predicted octanol–water partition coefficient (Wildman–Crippen LogP) is 3.34. The van der Waals surface area contributed by atoms with Crippen molar-refractivity contribution < 1.29 is 5.11 Å². The molecule has 98 valence electrons. The molecule has 0 heterocycles. The van der Waals surface area contributed by atoms with E-state index in [0.717, 1.165) is 19.4 Å². The van der Waals surface area contributed by atoms with Gasteiger partial charge in [-0.3, -0.25) is 0 Å². The lowest BCUT2D eigenvalue weighted by atomic mass is 9.87. The van der Waals surface area contributed by atoms with Crippen LogP contribution in [0.4, 0.5) is 0 Å². The van der Waals surface area contributed by atoms with Gasteiger partial charge in [0.05, 0.1) is 0 Å². The van der Waals surface area contributed by atoms with Gasteiger partial charge in [-0.2, -0.15) is 0 Å². The van der Waals surface area contributed by atoms with Crippen LogP contribution in [-0.4, -0.2) is 24.3 Å². The smallest absolute Gasteiger partial charge is 0.0431 e. The third-order valence-corrected chi connectivity index (χ3v) is 3.18. The molecule has 0 aliphatic rings. The van der Waals surface area contributed by atoms with Crippen LogP contribution < -0.4 is 5.32 Å². The molecule has 0 rings (SSSR count). The molecule has 0 aliphatic carbocycles. The van der Waals surface area contributed by atoms with E-state index in [-0.39, 0.29) is 0 Å². The van der Waals surface area contributed by atoms with Crippen molar-refractivity contribution >= 4 is 0 Å². The molecule has 1 unspecified atom stereocenters. The third-order valence-electron chi connectivity index (χ3n) is 3.18. The summed E-state index contributed by atoms with van der Waals surface area (Å²) >= 11 is 0. The van der Waals surface area contributed by atoms with Crippen LogP contribution in [0.25, 0.3) is 0 Å². The van der Waals surface area contributed by atoms with Crippen LogP contribution in [0.1, 0.15) is 66.2 Å². The Morgan fingerprint density at radius 3 is 2.44 bits per heavy atom. The zero-order valence-corrected chi connectivity index (χ0v) is 11.7. The molecule has 0 radical (unpaired) electrons. The van der Waals surface area contributed by atoms with E-state index in [1.807, 2.05) is 0 Å². The standard InChI is InChI=1S/C14H31NO/c1-5-6-7-9-13(2)15-12-14(3,4)10-8-11-16/h13,15-16H,5-12H2,1-4H3. The molecule has 0 bridgehead atoms. The molecule has 2 nitrogen and oxygen atoms in total. The summed E-state index contributed by atoms with van der Waals surface area (Å²) in [5, 5.41) is 12.4. The zero-order chi connectivity index (χ0) is 12.4. The second-order valence-electron chi connectivity index (χ2n) is 5.77. The van der Waals surface area contributed by atoms with E-state index in [2.05, 4.69) is 33.0 Å². The van der Waals surface area contributed by atoms with Crippen molar-refractivity contribution in [2.24, 2.45) is 5.41 Å². The first-order valence-electron chi connectivity index (χ1n) is 6.86. The van der Waals surface area contributed by atoms with Gasteiger partial charge in [0.15, 0.2) is 0 Å². The maximum Gasteiger partial charge on any atom is 0.0431 e. The highest BCUT2D eigenvalue weighted by Crippen LogP contribution is 2.21. The first-order chi connectivity index (χ1) is 7.52. The Morgan fingerprint density at radius 1 is 1.19 bits per heavy atom. The van der Waals surface area contributed by atoms with E-state index < -0.39 is 0 Å². The summed E-state index contributed by atoms with van der Waals surface area (Å²) in [6.07, 6.45) is 7.28. The van der Waals surface area contributed by atoms with Crippen molar-refractivity contribution in [2.45, 2.75) is 72.3 Å². The topological polar surface area (TPSA) is 32.3 Å². The number of aliphatic hydroxyl groups is 1. The Labute approximate surface area is 102 Å². The minimum absolute atomic E-state index is 0.307. The van der Waals surface area contributed by atoms with Gasteiger partial charge in [-0.15, -0.1) is 0 Å². The summed E-state index contributed by atoms with van der Waals surface area (Å²) in [7, 11) is 0. The maximum atomic E-state index is 8.83. The number of hydrogen-bond acceptors (Lipinski definition) is 2. The predicted molar refractivity (Wildman–Crippen MR) is 71.7 cm³/mol. The molecular formula is C14H31NO. The van der Waals surface area contributed by atoms with E-state index in [9.17, 15) is 0 Å². The molecular weight excluding hydrogens is 198 g/mol. The second-order valence-corrected chi connectivity index (χ2v) is 5.77. The fourth-order valence-electron chi connectivity index (χ4n) is 1.90. The lowest BCUT2D eigenvalue weighted by molar-refractivity contribution is 0.231. The number of rotatable bonds is 10. The Bertz CT molecular complexity index is 157. The van der Waals surface area contributed by atoms with Crippen molar-refractivity contribution in [3.05, 3.63) is 0 Å². The van der Waals surface area contributed by atoms with E-state index in [4.69, 9.17) is 5.11 Å². The molecule has 0 saturated carbocycles. The van der Waals surface area contributed by atoms with Crippen LogP contribution in [0.5, 0.6) is 0 Å². The third kappa shape index (κ3) is 9.17. The molecule has 2 heteroatoms. The van der Waals surface area contributed by atoms with Crippen molar-refractivity contribution in [3.63, 3.8) is 0 Å². The normalized spacial score (nSPS) is 14.1. The molecule has 0 aromatic rings. The highest BCUT2D eigenvalue weighted by molar-refractivity contribution is 4.73. The summed E-state index contributed by atoms with van der Waals surface area (Å²) in [6.45, 7) is 10.4. The number of unbranched alkanes of at least 4 members (excludes halogenated alkanes) is 2. The highest BCUT2D eigenvalue weighted by atomic mass is 16.2. The van der Waals surface area contributed by atoms with Crippen molar-refractivity contribution in [2.75, 3.05) is 13.2 Å². The summed E-state index contributed by atoms with van der Waals surface area (Å²) in [5.74, 6) is 0.